The number of nitrogens with one attached hydrogen (secondary N) is 1. The maximum Gasteiger partial charge on any atom is 0.407 e. The Balaban J connectivity index is 1.71. The molecule has 1 aliphatic rings. The second-order valence-electron chi connectivity index (χ2n) is 8.49. The van der Waals surface area contributed by atoms with E-state index in [1.54, 1.807) is 25.1 Å². The van der Waals surface area contributed by atoms with Gasteiger partial charge >= 0.3 is 12.1 Å². The normalized spacial score (nSPS) is 12.8. The molecule has 6 nitrogen and oxygen atoms in total. The monoisotopic (exact) mass is 476 g/mol. The Labute approximate surface area is 197 Å². The third-order valence-electron chi connectivity index (χ3n) is 4.68. The van der Waals surface area contributed by atoms with Gasteiger partial charge in [0.05, 0.1) is 22.9 Å². The van der Waals surface area contributed by atoms with Crippen LogP contribution in [0.1, 0.15) is 54.7 Å². The highest BCUT2D eigenvalue weighted by Gasteiger charge is 2.21. The van der Waals surface area contributed by atoms with Gasteiger partial charge in [-0.1, -0.05) is 35.3 Å². The van der Waals surface area contributed by atoms with E-state index < -0.39 is 17.7 Å². The van der Waals surface area contributed by atoms with Gasteiger partial charge in [-0.25, -0.2) is 9.59 Å². The molecule has 0 bridgehead atoms. The maximum absolute atomic E-state index is 12.1. The zero-order chi connectivity index (χ0) is 23.5. The Hall–Kier alpha value is -2.57. The van der Waals surface area contributed by atoms with E-state index in [2.05, 4.69) is 10.3 Å². The van der Waals surface area contributed by atoms with Gasteiger partial charge < -0.3 is 14.8 Å². The molecule has 0 saturated heterocycles. The van der Waals surface area contributed by atoms with Crippen molar-refractivity contribution in [2.75, 3.05) is 6.61 Å². The van der Waals surface area contributed by atoms with E-state index in [-0.39, 0.29) is 6.61 Å². The number of carbonyl (C=O) groups excluding carboxylic acids is 2. The van der Waals surface area contributed by atoms with E-state index in [1.807, 2.05) is 32.9 Å². The van der Waals surface area contributed by atoms with Crippen LogP contribution in [-0.2, 0) is 28.9 Å². The summed E-state index contributed by atoms with van der Waals surface area (Å²) in [6.45, 7) is 7.79. The lowest BCUT2D eigenvalue weighted by atomic mass is 10.0. The van der Waals surface area contributed by atoms with Gasteiger partial charge in [-0.15, -0.1) is 0 Å². The lowest BCUT2D eigenvalue weighted by Crippen LogP contribution is -2.32. The number of halogens is 2. The van der Waals surface area contributed by atoms with Crippen LogP contribution in [0.25, 0.3) is 0 Å². The third kappa shape index (κ3) is 6.24. The van der Waals surface area contributed by atoms with Crippen LogP contribution in [0, 0.1) is 0 Å². The highest BCUT2D eigenvalue weighted by Crippen LogP contribution is 2.34. The number of aliphatic imine (C=N–C) groups is 1. The average molecular weight is 477 g/mol. The summed E-state index contributed by atoms with van der Waals surface area (Å²) in [5, 5.41) is 3.72. The van der Waals surface area contributed by atoms with Gasteiger partial charge in [-0.05, 0) is 62.6 Å². The van der Waals surface area contributed by atoms with Crippen molar-refractivity contribution in [3.8, 4) is 0 Å². The number of alkyl carbamates (subject to hydrolysis) is 1. The van der Waals surface area contributed by atoms with Gasteiger partial charge in [0, 0.05) is 30.1 Å². The van der Waals surface area contributed by atoms with Gasteiger partial charge in [0.2, 0.25) is 0 Å². The number of hydrogen-bond acceptors (Lipinski definition) is 5. The number of ether oxygens (including phenoxy) is 2. The van der Waals surface area contributed by atoms with Gasteiger partial charge in [0.15, 0.2) is 0 Å². The van der Waals surface area contributed by atoms with Crippen molar-refractivity contribution in [1.82, 2.24) is 5.32 Å². The number of esters is 1. The van der Waals surface area contributed by atoms with Crippen LogP contribution in [0.4, 0.5) is 10.5 Å². The van der Waals surface area contributed by atoms with Gasteiger partial charge in [0.25, 0.3) is 0 Å². The second kappa shape index (κ2) is 9.92. The fourth-order valence-electron chi connectivity index (χ4n) is 3.33. The highest BCUT2D eigenvalue weighted by atomic mass is 35.5. The Morgan fingerprint density at radius 1 is 1.12 bits per heavy atom. The molecule has 0 spiro atoms. The first-order chi connectivity index (χ1) is 15.1. The molecule has 0 unspecified atom stereocenters. The van der Waals surface area contributed by atoms with Gasteiger partial charge in [0.1, 0.15) is 5.60 Å². The molecule has 1 aliphatic heterocycles. The molecule has 2 aromatic rings. The van der Waals surface area contributed by atoms with Crippen molar-refractivity contribution in [3.63, 3.8) is 0 Å². The molecule has 1 heterocycles. The van der Waals surface area contributed by atoms with Crippen molar-refractivity contribution >= 4 is 46.7 Å². The summed E-state index contributed by atoms with van der Waals surface area (Å²) in [5.41, 5.74) is 4.14. The number of benzene rings is 2. The summed E-state index contributed by atoms with van der Waals surface area (Å²) in [6.07, 6.45) is 0.688. The first-order valence-electron chi connectivity index (χ1n) is 10.4. The van der Waals surface area contributed by atoms with Gasteiger partial charge in [-0.3, -0.25) is 4.99 Å². The van der Waals surface area contributed by atoms with E-state index in [9.17, 15) is 9.59 Å². The third-order valence-corrected chi connectivity index (χ3v) is 5.36. The molecule has 0 atom stereocenters. The predicted octanol–water partition coefficient (Wildman–Crippen LogP) is 6.07. The topological polar surface area (TPSA) is 77.0 Å². The minimum Gasteiger partial charge on any atom is -0.462 e. The minimum atomic E-state index is -0.555. The molecule has 0 radical (unpaired) electrons. The van der Waals surface area contributed by atoms with Crippen LogP contribution in [-0.4, -0.2) is 30.0 Å². The summed E-state index contributed by atoms with van der Waals surface area (Å²) >= 11 is 12.7. The largest absolute Gasteiger partial charge is 0.462 e. The molecule has 0 aliphatic carbocycles. The van der Waals surface area contributed by atoms with E-state index in [4.69, 9.17) is 32.7 Å². The molecule has 0 aromatic heterocycles. The second-order valence-corrected chi connectivity index (χ2v) is 9.31. The minimum absolute atomic E-state index is 0.276. The van der Waals surface area contributed by atoms with E-state index in [1.165, 1.54) is 0 Å². The van der Waals surface area contributed by atoms with E-state index in [0.29, 0.717) is 40.7 Å². The fraction of sp³-hybridized carbons (Fsp3) is 0.375. The molecule has 1 N–H and O–H groups in total. The zero-order valence-electron chi connectivity index (χ0n) is 18.6. The lowest BCUT2D eigenvalue weighted by Gasteiger charge is -2.19. The van der Waals surface area contributed by atoms with Crippen LogP contribution < -0.4 is 5.32 Å². The Morgan fingerprint density at radius 3 is 2.56 bits per heavy atom. The summed E-state index contributed by atoms with van der Waals surface area (Å²) in [5.74, 6) is -0.461. The Bertz CT molecular complexity index is 1070. The van der Waals surface area contributed by atoms with E-state index in [0.717, 1.165) is 22.4 Å². The number of hydrogen-bond donors (Lipinski definition) is 1. The van der Waals surface area contributed by atoms with Crippen molar-refractivity contribution in [2.45, 2.75) is 52.7 Å². The highest BCUT2D eigenvalue weighted by molar-refractivity contribution is 6.34. The standard InChI is InChI=1S/C24H26Cl2N2O4/c1-5-31-22(29)18-12-21-16(11-20(18)26)10-17(28-21)9-15-8-14(6-7-19(15)25)13-27-23(30)32-24(2,3)4/h6-8,11-12H,5,9-10,13H2,1-4H3,(H,27,30). The van der Waals surface area contributed by atoms with Crippen molar-refractivity contribution < 1.29 is 19.1 Å². The smallest absolute Gasteiger partial charge is 0.407 e. The summed E-state index contributed by atoms with van der Waals surface area (Å²) in [6, 6.07) is 9.05. The molecular weight excluding hydrogens is 451 g/mol. The quantitative estimate of drug-likeness (QED) is 0.513. The first-order valence-corrected chi connectivity index (χ1v) is 11.1. The number of carbonyl (C=O) groups is 2. The van der Waals surface area contributed by atoms with Crippen molar-refractivity contribution in [3.05, 3.63) is 62.6 Å². The maximum atomic E-state index is 12.1. The molecule has 170 valence electrons. The zero-order valence-corrected chi connectivity index (χ0v) is 20.1. The Morgan fingerprint density at radius 2 is 1.88 bits per heavy atom. The van der Waals surface area contributed by atoms with Crippen LogP contribution in [0.15, 0.2) is 35.3 Å². The summed E-state index contributed by atoms with van der Waals surface area (Å²) < 4.78 is 10.3. The van der Waals surface area contributed by atoms with Crippen molar-refractivity contribution in [1.29, 1.82) is 0 Å². The van der Waals surface area contributed by atoms with Crippen LogP contribution in [0.5, 0.6) is 0 Å². The molecule has 0 saturated carbocycles. The number of fused-ring (bicyclic) bond motifs is 1. The molecule has 1 amide bonds. The predicted molar refractivity (Wildman–Crippen MR) is 126 cm³/mol. The SMILES string of the molecule is CCOC(=O)c1cc2c(cc1Cl)CC(Cc1cc(CNC(=O)OC(C)(C)C)ccc1Cl)=N2. The molecule has 0 fully saturated rings. The first kappa shape index (κ1) is 24.1. The number of amides is 1. The Kier molecular flexibility index (Phi) is 7.47. The van der Waals surface area contributed by atoms with Crippen LogP contribution in [0.2, 0.25) is 10.0 Å². The molecule has 8 heteroatoms. The summed E-state index contributed by atoms with van der Waals surface area (Å²) in [7, 11) is 0. The number of rotatable bonds is 6. The number of nitrogens with zero attached hydrogens (tertiary/aromatic N) is 1. The lowest BCUT2D eigenvalue weighted by molar-refractivity contribution is 0.0514. The molecular formula is C24H26Cl2N2O4. The molecule has 2 aromatic carbocycles. The molecule has 32 heavy (non-hydrogen) atoms. The van der Waals surface area contributed by atoms with E-state index >= 15 is 0 Å². The average Bonchev–Trinajstić information content (AvgIpc) is 3.07. The van der Waals surface area contributed by atoms with Gasteiger partial charge in [-0.2, -0.15) is 0 Å². The van der Waals surface area contributed by atoms with Crippen LogP contribution in [0.3, 0.4) is 0 Å². The fourth-order valence-corrected chi connectivity index (χ4v) is 3.78. The van der Waals surface area contributed by atoms with Crippen molar-refractivity contribution in [2.24, 2.45) is 4.99 Å². The summed E-state index contributed by atoms with van der Waals surface area (Å²) in [4.78, 5) is 28.7. The van der Waals surface area contributed by atoms with Crippen LogP contribution >= 0.6 is 23.2 Å². The molecule has 3 rings (SSSR count).